The molecule has 0 unspecified atom stereocenters. The Morgan fingerprint density at radius 2 is 1.17 bits per heavy atom. The predicted octanol–water partition coefficient (Wildman–Crippen LogP) is 3.98. The fraction of sp³-hybridized carbons (Fsp3) is 0.125. The molecule has 2 heterocycles. The lowest BCUT2D eigenvalue weighted by Crippen LogP contribution is -2.47. The van der Waals surface area contributed by atoms with Crippen molar-refractivity contribution in [3.63, 3.8) is 0 Å². The molecule has 4 rings (SSSR count). The van der Waals surface area contributed by atoms with Gasteiger partial charge in [0.1, 0.15) is 11.5 Å². The van der Waals surface area contributed by atoms with E-state index in [0.717, 1.165) is 0 Å². The topological polar surface area (TPSA) is 76.7 Å². The van der Waals surface area contributed by atoms with Crippen LogP contribution < -0.4 is 20.1 Å². The first kappa shape index (κ1) is 15.1. The molecule has 24 heavy (non-hydrogen) atoms. The fourth-order valence-corrected chi connectivity index (χ4v) is 3.27. The summed E-state index contributed by atoms with van der Waals surface area (Å²) in [4.78, 5) is 23.8. The van der Waals surface area contributed by atoms with Gasteiger partial charge in [-0.3, -0.25) is 0 Å². The van der Waals surface area contributed by atoms with E-state index in [1.165, 1.54) is 0 Å². The Balaban J connectivity index is 1.85. The summed E-state index contributed by atoms with van der Waals surface area (Å²) in [5, 5.41) is 6.41. The number of hydrogen-bond donors (Lipinski definition) is 2. The highest BCUT2D eigenvalue weighted by atomic mass is 35.5. The lowest BCUT2D eigenvalue weighted by Gasteiger charge is -2.35. The van der Waals surface area contributed by atoms with Gasteiger partial charge in [-0.05, 0) is 36.4 Å². The number of hydrogen-bond acceptors (Lipinski definition) is 4. The average Bonchev–Trinajstić information content (AvgIpc) is 2.54. The number of carbonyl (C=O) groups excluding carboxylic acids is 2. The highest BCUT2D eigenvalue weighted by Crippen LogP contribution is 2.43. The van der Waals surface area contributed by atoms with E-state index in [1.807, 2.05) is 0 Å². The van der Waals surface area contributed by atoms with Gasteiger partial charge >= 0.3 is 12.2 Å². The third-order valence-electron chi connectivity index (χ3n) is 3.90. The molecule has 0 fully saturated rings. The SMILES string of the molecule is O=C1N[C@@H]([C@H]2NC(=O)Oc3ccc(Cl)cc32)c2cc(Cl)ccc2O1. The van der Waals surface area contributed by atoms with Crippen LogP contribution in [0.3, 0.4) is 0 Å². The third kappa shape index (κ3) is 2.53. The average molecular weight is 365 g/mol. The van der Waals surface area contributed by atoms with Crippen molar-refractivity contribution < 1.29 is 19.1 Å². The monoisotopic (exact) mass is 364 g/mol. The van der Waals surface area contributed by atoms with Crippen molar-refractivity contribution in [2.75, 3.05) is 0 Å². The van der Waals surface area contributed by atoms with Gasteiger partial charge < -0.3 is 20.1 Å². The van der Waals surface area contributed by atoms with Crippen LogP contribution in [0, 0.1) is 0 Å². The minimum absolute atomic E-state index is 0.387. The third-order valence-corrected chi connectivity index (χ3v) is 4.37. The molecule has 2 aliphatic rings. The van der Waals surface area contributed by atoms with Gasteiger partial charge in [-0.15, -0.1) is 0 Å². The molecule has 0 bridgehead atoms. The second-order valence-electron chi connectivity index (χ2n) is 5.39. The Morgan fingerprint density at radius 3 is 1.58 bits per heavy atom. The van der Waals surface area contributed by atoms with E-state index in [-0.39, 0.29) is 0 Å². The zero-order chi connectivity index (χ0) is 16.8. The molecule has 0 aromatic heterocycles. The van der Waals surface area contributed by atoms with E-state index in [1.54, 1.807) is 36.4 Å². The zero-order valence-corrected chi connectivity index (χ0v) is 13.5. The van der Waals surface area contributed by atoms with Crippen molar-refractivity contribution in [3.8, 4) is 11.5 Å². The largest absolute Gasteiger partial charge is 0.413 e. The van der Waals surface area contributed by atoms with E-state index < -0.39 is 24.3 Å². The highest BCUT2D eigenvalue weighted by Gasteiger charge is 2.38. The maximum Gasteiger partial charge on any atom is 0.413 e. The summed E-state index contributed by atoms with van der Waals surface area (Å²) in [6.45, 7) is 0. The molecule has 2 aromatic carbocycles. The minimum Gasteiger partial charge on any atom is -0.410 e. The molecule has 0 aliphatic carbocycles. The van der Waals surface area contributed by atoms with Gasteiger partial charge in [0.2, 0.25) is 0 Å². The summed E-state index contributed by atoms with van der Waals surface area (Å²) in [6.07, 6.45) is -1.22. The zero-order valence-electron chi connectivity index (χ0n) is 12.0. The Labute approximate surface area is 146 Å². The number of carbonyl (C=O) groups is 2. The van der Waals surface area contributed by atoms with Gasteiger partial charge in [0.05, 0.1) is 12.1 Å². The van der Waals surface area contributed by atoms with Gasteiger partial charge in [0, 0.05) is 21.2 Å². The molecule has 2 aliphatic heterocycles. The van der Waals surface area contributed by atoms with Crippen LogP contribution in [-0.2, 0) is 0 Å². The fourth-order valence-electron chi connectivity index (χ4n) is 2.90. The van der Waals surface area contributed by atoms with Crippen LogP contribution >= 0.6 is 23.2 Å². The number of rotatable bonds is 1. The second-order valence-corrected chi connectivity index (χ2v) is 6.26. The first-order valence-electron chi connectivity index (χ1n) is 7.07. The lowest BCUT2D eigenvalue weighted by molar-refractivity contribution is 0.168. The van der Waals surface area contributed by atoms with Crippen molar-refractivity contribution in [1.82, 2.24) is 10.6 Å². The second kappa shape index (κ2) is 5.58. The van der Waals surface area contributed by atoms with E-state index in [0.29, 0.717) is 32.7 Å². The molecule has 6 nitrogen and oxygen atoms in total. The van der Waals surface area contributed by atoms with Crippen LogP contribution in [0.5, 0.6) is 11.5 Å². The summed E-state index contributed by atoms with van der Waals surface area (Å²) < 4.78 is 10.3. The Hall–Kier alpha value is -2.44. The lowest BCUT2D eigenvalue weighted by atomic mass is 9.91. The quantitative estimate of drug-likeness (QED) is 0.802. The molecule has 8 heteroatoms. The molecule has 0 radical (unpaired) electrons. The van der Waals surface area contributed by atoms with Crippen LogP contribution in [0.25, 0.3) is 0 Å². The van der Waals surface area contributed by atoms with Gasteiger partial charge in [-0.2, -0.15) is 0 Å². The van der Waals surface area contributed by atoms with Gasteiger partial charge in [0.15, 0.2) is 0 Å². The van der Waals surface area contributed by atoms with Crippen molar-refractivity contribution in [2.24, 2.45) is 0 Å². The number of ether oxygens (including phenoxy) is 2. The highest BCUT2D eigenvalue weighted by molar-refractivity contribution is 6.31. The summed E-state index contributed by atoms with van der Waals surface area (Å²) in [5.41, 5.74) is 1.31. The predicted molar refractivity (Wildman–Crippen MR) is 86.7 cm³/mol. The first-order valence-corrected chi connectivity index (χ1v) is 7.82. The molecular formula is C16H10Cl2N2O4. The van der Waals surface area contributed by atoms with Gasteiger partial charge in [-0.1, -0.05) is 23.2 Å². The summed E-state index contributed by atoms with van der Waals surface area (Å²) in [6, 6.07) is 8.70. The molecule has 2 amide bonds. The van der Waals surface area contributed by atoms with E-state index >= 15 is 0 Å². The number of halogens is 2. The van der Waals surface area contributed by atoms with Crippen molar-refractivity contribution >= 4 is 35.4 Å². The molecule has 2 atom stereocenters. The smallest absolute Gasteiger partial charge is 0.410 e. The van der Waals surface area contributed by atoms with Gasteiger partial charge in [-0.25, -0.2) is 9.59 Å². The van der Waals surface area contributed by atoms with Crippen molar-refractivity contribution in [1.29, 1.82) is 0 Å². The van der Waals surface area contributed by atoms with E-state index in [9.17, 15) is 9.59 Å². The van der Waals surface area contributed by atoms with Gasteiger partial charge in [0.25, 0.3) is 0 Å². The number of benzene rings is 2. The maximum atomic E-state index is 11.9. The molecule has 0 spiro atoms. The Bertz CT molecular complexity index is 800. The molecule has 0 saturated heterocycles. The molecule has 0 saturated carbocycles. The number of nitrogens with one attached hydrogen (secondary N) is 2. The van der Waals surface area contributed by atoms with Crippen molar-refractivity contribution in [2.45, 2.75) is 12.1 Å². The summed E-state index contributed by atoms with van der Waals surface area (Å²) >= 11 is 12.1. The molecule has 122 valence electrons. The Kier molecular flexibility index (Phi) is 3.51. The van der Waals surface area contributed by atoms with Crippen LogP contribution in [0.1, 0.15) is 23.2 Å². The summed E-state index contributed by atoms with van der Waals surface area (Å²) in [7, 11) is 0. The maximum absolute atomic E-state index is 11.9. The molecular weight excluding hydrogens is 355 g/mol. The van der Waals surface area contributed by atoms with Crippen molar-refractivity contribution in [3.05, 3.63) is 57.6 Å². The van der Waals surface area contributed by atoms with Crippen LogP contribution in [0.15, 0.2) is 36.4 Å². The van der Waals surface area contributed by atoms with Crippen LogP contribution in [0.4, 0.5) is 9.59 Å². The minimum atomic E-state index is -0.612. The summed E-state index contributed by atoms with van der Waals surface area (Å²) in [5.74, 6) is 0.773. The molecule has 2 N–H and O–H groups in total. The van der Waals surface area contributed by atoms with Crippen LogP contribution in [-0.4, -0.2) is 12.2 Å². The van der Waals surface area contributed by atoms with E-state index in [4.69, 9.17) is 32.7 Å². The van der Waals surface area contributed by atoms with Crippen LogP contribution in [0.2, 0.25) is 10.0 Å². The Morgan fingerprint density at radius 1 is 0.750 bits per heavy atom. The first-order chi connectivity index (χ1) is 11.5. The molecule has 2 aromatic rings. The van der Waals surface area contributed by atoms with E-state index in [2.05, 4.69) is 10.6 Å². The number of fused-ring (bicyclic) bond motifs is 2. The standard InChI is InChI=1S/C16H10Cl2N2O4/c17-7-1-3-11-9(5-7)13(19-15(21)23-11)14-10-6-8(18)2-4-12(10)24-16(22)20-14/h1-6,13-14H,(H,19,21)(H,20,22)/t13-,14+. The number of amides is 2. The normalized spacial score (nSPS) is 21.6.